The molecule has 4 heteroatoms. The van der Waals surface area contributed by atoms with Crippen LogP contribution in [0.25, 0.3) is 0 Å². The molecule has 0 aliphatic carbocycles. The Kier molecular flexibility index (Phi) is 5.45. The molecule has 2 N–H and O–H groups in total. The fourth-order valence-corrected chi connectivity index (χ4v) is 1.88. The molecule has 0 aromatic heterocycles. The van der Waals surface area contributed by atoms with E-state index < -0.39 is 0 Å². The van der Waals surface area contributed by atoms with Crippen LogP contribution in [0.2, 0.25) is 5.02 Å². The lowest BCUT2D eigenvalue weighted by Crippen LogP contribution is -2.11. The van der Waals surface area contributed by atoms with Gasteiger partial charge in [0.05, 0.1) is 0 Å². The van der Waals surface area contributed by atoms with Gasteiger partial charge < -0.3 is 0 Å². The molecule has 17 heavy (non-hydrogen) atoms. The third-order valence-corrected chi connectivity index (χ3v) is 2.77. The van der Waals surface area contributed by atoms with Gasteiger partial charge in [-0.3, -0.25) is 4.84 Å². The van der Waals surface area contributed by atoms with Gasteiger partial charge >= 0.3 is 0 Å². The van der Waals surface area contributed by atoms with Gasteiger partial charge in [0, 0.05) is 10.6 Å². The van der Waals surface area contributed by atoms with Crippen LogP contribution in [0, 0.1) is 0 Å². The van der Waals surface area contributed by atoms with Crippen molar-refractivity contribution in [1.29, 1.82) is 0 Å². The standard InChI is InChI=1S/C13H12ClNO.ClH/c14-12-9-5-4-8-11(12)13(16-15)10-6-2-1-3-7-10;/h1-9,13H,15H2;1H. The van der Waals surface area contributed by atoms with Crippen molar-refractivity contribution >= 4 is 24.0 Å². The minimum Gasteiger partial charge on any atom is -0.292 e. The SMILES string of the molecule is Cl.NOC(c1ccccc1)c1ccccc1Cl. The first kappa shape index (κ1) is 14.0. The molecule has 0 aliphatic heterocycles. The van der Waals surface area contributed by atoms with Gasteiger partial charge in [0.2, 0.25) is 0 Å². The number of hydrogen-bond acceptors (Lipinski definition) is 2. The van der Waals surface area contributed by atoms with Gasteiger partial charge in [-0.1, -0.05) is 60.1 Å². The minimum atomic E-state index is -0.324. The zero-order valence-corrected chi connectivity index (χ0v) is 10.6. The molecule has 0 fully saturated rings. The van der Waals surface area contributed by atoms with Crippen molar-refractivity contribution in [2.24, 2.45) is 5.90 Å². The highest BCUT2D eigenvalue weighted by molar-refractivity contribution is 6.31. The average Bonchev–Trinajstić information content (AvgIpc) is 2.34. The quantitative estimate of drug-likeness (QED) is 0.862. The van der Waals surface area contributed by atoms with Crippen LogP contribution in [0.15, 0.2) is 54.6 Å². The largest absolute Gasteiger partial charge is 0.292 e. The summed E-state index contributed by atoms with van der Waals surface area (Å²) < 4.78 is 0. The molecule has 0 amide bonds. The maximum atomic E-state index is 6.11. The molecule has 2 rings (SSSR count). The maximum Gasteiger partial charge on any atom is 0.130 e. The lowest BCUT2D eigenvalue weighted by Gasteiger charge is -2.16. The normalized spacial score (nSPS) is 11.6. The van der Waals surface area contributed by atoms with E-state index in [2.05, 4.69) is 0 Å². The first-order chi connectivity index (χ1) is 7.83. The van der Waals surface area contributed by atoms with E-state index in [1.807, 2.05) is 54.6 Å². The second-order valence-electron chi connectivity index (χ2n) is 3.45. The molecule has 0 saturated heterocycles. The van der Waals surface area contributed by atoms with Gasteiger partial charge in [-0.05, 0) is 11.6 Å². The predicted molar refractivity (Wildman–Crippen MR) is 72.3 cm³/mol. The fraction of sp³-hybridized carbons (Fsp3) is 0.0769. The Hall–Kier alpha value is -1.06. The molecule has 1 atom stereocenters. The van der Waals surface area contributed by atoms with Crippen molar-refractivity contribution in [3.8, 4) is 0 Å². The van der Waals surface area contributed by atoms with E-state index in [1.165, 1.54) is 0 Å². The van der Waals surface area contributed by atoms with Crippen molar-refractivity contribution in [3.63, 3.8) is 0 Å². The zero-order valence-electron chi connectivity index (χ0n) is 9.05. The number of hydrogen-bond donors (Lipinski definition) is 1. The Balaban J connectivity index is 0.00000144. The van der Waals surface area contributed by atoms with Crippen LogP contribution in [-0.4, -0.2) is 0 Å². The summed E-state index contributed by atoms with van der Waals surface area (Å²) in [5.74, 6) is 5.35. The van der Waals surface area contributed by atoms with E-state index in [1.54, 1.807) is 0 Å². The highest BCUT2D eigenvalue weighted by atomic mass is 35.5. The fourth-order valence-electron chi connectivity index (χ4n) is 1.65. The third kappa shape index (κ3) is 3.20. The molecule has 0 heterocycles. The molecular weight excluding hydrogens is 257 g/mol. The Morgan fingerprint density at radius 3 is 2.12 bits per heavy atom. The molecule has 0 saturated carbocycles. The number of rotatable bonds is 3. The van der Waals surface area contributed by atoms with E-state index >= 15 is 0 Å². The summed E-state index contributed by atoms with van der Waals surface area (Å²) in [7, 11) is 0. The van der Waals surface area contributed by atoms with Crippen molar-refractivity contribution in [3.05, 3.63) is 70.7 Å². The molecule has 0 bridgehead atoms. The minimum absolute atomic E-state index is 0. The van der Waals surface area contributed by atoms with E-state index in [4.69, 9.17) is 22.3 Å². The average molecular weight is 270 g/mol. The van der Waals surface area contributed by atoms with Crippen molar-refractivity contribution in [2.45, 2.75) is 6.10 Å². The highest BCUT2D eigenvalue weighted by Gasteiger charge is 2.15. The maximum absolute atomic E-state index is 6.11. The first-order valence-corrected chi connectivity index (χ1v) is 5.35. The van der Waals surface area contributed by atoms with Gasteiger partial charge in [-0.25, -0.2) is 5.90 Å². The predicted octanol–water partition coefficient (Wildman–Crippen LogP) is 3.74. The van der Waals surface area contributed by atoms with Crippen molar-refractivity contribution < 1.29 is 4.84 Å². The zero-order chi connectivity index (χ0) is 11.4. The van der Waals surface area contributed by atoms with Crippen LogP contribution >= 0.6 is 24.0 Å². The van der Waals surface area contributed by atoms with Gasteiger partial charge in [0.15, 0.2) is 0 Å². The van der Waals surface area contributed by atoms with E-state index in [0.29, 0.717) is 5.02 Å². The van der Waals surface area contributed by atoms with Gasteiger partial charge in [0.1, 0.15) is 6.10 Å². The van der Waals surface area contributed by atoms with Crippen LogP contribution < -0.4 is 5.90 Å². The van der Waals surface area contributed by atoms with Crippen molar-refractivity contribution in [2.75, 3.05) is 0 Å². The summed E-state index contributed by atoms with van der Waals surface area (Å²) in [5.41, 5.74) is 1.86. The molecule has 1 unspecified atom stereocenters. The smallest absolute Gasteiger partial charge is 0.130 e. The molecule has 0 spiro atoms. The molecule has 90 valence electrons. The van der Waals surface area contributed by atoms with Crippen LogP contribution in [-0.2, 0) is 4.84 Å². The summed E-state index contributed by atoms with van der Waals surface area (Å²) in [6.45, 7) is 0. The number of halogens is 2. The summed E-state index contributed by atoms with van der Waals surface area (Å²) >= 11 is 6.11. The van der Waals surface area contributed by atoms with Crippen LogP contribution in [0.5, 0.6) is 0 Å². The van der Waals surface area contributed by atoms with Crippen molar-refractivity contribution in [1.82, 2.24) is 0 Å². The third-order valence-electron chi connectivity index (χ3n) is 2.43. The van der Waals surface area contributed by atoms with E-state index in [-0.39, 0.29) is 18.5 Å². The lowest BCUT2D eigenvalue weighted by atomic mass is 10.0. The van der Waals surface area contributed by atoms with Crippen LogP contribution in [0.3, 0.4) is 0 Å². The van der Waals surface area contributed by atoms with Gasteiger partial charge in [-0.15, -0.1) is 12.4 Å². The Morgan fingerprint density at radius 2 is 1.53 bits per heavy atom. The summed E-state index contributed by atoms with van der Waals surface area (Å²) in [6.07, 6.45) is -0.324. The summed E-state index contributed by atoms with van der Waals surface area (Å²) in [4.78, 5) is 5.02. The Bertz CT molecular complexity index is 462. The molecule has 0 radical (unpaired) electrons. The summed E-state index contributed by atoms with van der Waals surface area (Å²) in [6, 6.07) is 17.3. The van der Waals surface area contributed by atoms with Crippen LogP contribution in [0.4, 0.5) is 0 Å². The molecule has 0 aliphatic rings. The molecule has 2 aromatic rings. The Morgan fingerprint density at radius 1 is 0.941 bits per heavy atom. The molecular formula is C13H13Cl2NO. The lowest BCUT2D eigenvalue weighted by molar-refractivity contribution is 0.0814. The Labute approximate surface area is 112 Å². The van der Waals surface area contributed by atoms with E-state index in [0.717, 1.165) is 11.1 Å². The number of nitrogens with two attached hydrogens (primary N) is 1. The second kappa shape index (κ2) is 6.62. The van der Waals surface area contributed by atoms with Gasteiger partial charge in [0.25, 0.3) is 0 Å². The van der Waals surface area contributed by atoms with Gasteiger partial charge in [-0.2, -0.15) is 0 Å². The second-order valence-corrected chi connectivity index (χ2v) is 3.86. The van der Waals surface area contributed by atoms with Crippen LogP contribution in [0.1, 0.15) is 17.2 Å². The monoisotopic (exact) mass is 269 g/mol. The molecule has 2 aromatic carbocycles. The molecule has 2 nitrogen and oxygen atoms in total. The topological polar surface area (TPSA) is 35.2 Å². The summed E-state index contributed by atoms with van der Waals surface area (Å²) in [5, 5.41) is 0.654. The first-order valence-electron chi connectivity index (χ1n) is 4.98. The number of benzene rings is 2. The van der Waals surface area contributed by atoms with E-state index in [9.17, 15) is 0 Å². The highest BCUT2D eigenvalue weighted by Crippen LogP contribution is 2.29.